The molecule has 2 rings (SSSR count). The standard InChI is InChI=1S/C15H19N3/c1-11-5-6-14(8-12(11)2)15(18-16)9-13-4-3-7-17-10-13/h3-8,10,15,18H,9,16H2,1-2H3. The molecule has 0 fully saturated rings. The second kappa shape index (κ2) is 5.76. The van der Waals surface area contributed by atoms with Crippen molar-refractivity contribution in [1.29, 1.82) is 0 Å². The van der Waals surface area contributed by atoms with Crippen LogP contribution in [0.2, 0.25) is 0 Å². The highest BCUT2D eigenvalue weighted by atomic mass is 15.2. The molecule has 1 aromatic heterocycles. The van der Waals surface area contributed by atoms with Crippen LogP contribution in [0.4, 0.5) is 0 Å². The monoisotopic (exact) mass is 241 g/mol. The average molecular weight is 241 g/mol. The number of aromatic nitrogens is 1. The van der Waals surface area contributed by atoms with Gasteiger partial charge in [-0.25, -0.2) is 0 Å². The van der Waals surface area contributed by atoms with Crippen LogP contribution in [-0.2, 0) is 6.42 Å². The zero-order valence-electron chi connectivity index (χ0n) is 10.9. The van der Waals surface area contributed by atoms with Gasteiger partial charge in [0, 0.05) is 12.4 Å². The number of rotatable bonds is 4. The molecule has 0 radical (unpaired) electrons. The summed E-state index contributed by atoms with van der Waals surface area (Å²) < 4.78 is 0. The molecule has 0 aliphatic heterocycles. The van der Waals surface area contributed by atoms with Crippen molar-refractivity contribution in [2.45, 2.75) is 26.3 Å². The Kier molecular flexibility index (Phi) is 4.07. The van der Waals surface area contributed by atoms with Gasteiger partial charge in [0.2, 0.25) is 0 Å². The van der Waals surface area contributed by atoms with E-state index in [1.807, 2.05) is 12.3 Å². The maximum absolute atomic E-state index is 5.67. The van der Waals surface area contributed by atoms with Crippen LogP contribution in [0.5, 0.6) is 0 Å². The SMILES string of the molecule is Cc1ccc(C(Cc2cccnc2)NN)cc1C. The van der Waals surface area contributed by atoms with E-state index < -0.39 is 0 Å². The Morgan fingerprint density at radius 2 is 2.06 bits per heavy atom. The number of nitrogens with zero attached hydrogens (tertiary/aromatic N) is 1. The Hall–Kier alpha value is -1.71. The first kappa shape index (κ1) is 12.7. The maximum atomic E-state index is 5.67. The van der Waals surface area contributed by atoms with Crippen molar-refractivity contribution < 1.29 is 0 Å². The molecule has 0 saturated carbocycles. The summed E-state index contributed by atoms with van der Waals surface area (Å²) in [5, 5.41) is 0. The Balaban J connectivity index is 2.20. The van der Waals surface area contributed by atoms with Crippen LogP contribution in [-0.4, -0.2) is 4.98 Å². The van der Waals surface area contributed by atoms with Crippen molar-refractivity contribution in [3.63, 3.8) is 0 Å². The molecular formula is C15H19N3. The van der Waals surface area contributed by atoms with Crippen molar-refractivity contribution >= 4 is 0 Å². The van der Waals surface area contributed by atoms with Crippen molar-refractivity contribution in [1.82, 2.24) is 10.4 Å². The van der Waals surface area contributed by atoms with Crippen LogP contribution in [0.3, 0.4) is 0 Å². The number of nitrogens with one attached hydrogen (secondary N) is 1. The average Bonchev–Trinajstić information content (AvgIpc) is 2.40. The quantitative estimate of drug-likeness (QED) is 0.638. The van der Waals surface area contributed by atoms with Gasteiger partial charge in [0.05, 0.1) is 6.04 Å². The molecule has 0 aliphatic rings. The number of benzene rings is 1. The third-order valence-corrected chi connectivity index (χ3v) is 3.30. The molecule has 18 heavy (non-hydrogen) atoms. The van der Waals surface area contributed by atoms with Gasteiger partial charge < -0.3 is 0 Å². The van der Waals surface area contributed by atoms with Gasteiger partial charge in [-0.05, 0) is 48.6 Å². The molecule has 0 saturated heterocycles. The van der Waals surface area contributed by atoms with E-state index >= 15 is 0 Å². The number of hydrogen-bond acceptors (Lipinski definition) is 3. The van der Waals surface area contributed by atoms with Crippen LogP contribution in [0.1, 0.15) is 28.3 Å². The van der Waals surface area contributed by atoms with Crippen molar-refractivity contribution in [2.24, 2.45) is 5.84 Å². The highest BCUT2D eigenvalue weighted by Crippen LogP contribution is 2.20. The largest absolute Gasteiger partial charge is 0.271 e. The molecule has 3 N–H and O–H groups in total. The van der Waals surface area contributed by atoms with Gasteiger partial charge >= 0.3 is 0 Å². The van der Waals surface area contributed by atoms with Crippen LogP contribution < -0.4 is 11.3 Å². The second-order valence-electron chi connectivity index (χ2n) is 4.63. The first-order chi connectivity index (χ1) is 8.70. The number of nitrogens with two attached hydrogens (primary N) is 1. The smallest absolute Gasteiger partial charge is 0.0500 e. The summed E-state index contributed by atoms with van der Waals surface area (Å²) in [7, 11) is 0. The van der Waals surface area contributed by atoms with Gasteiger partial charge in [-0.3, -0.25) is 16.3 Å². The molecule has 1 aromatic carbocycles. The lowest BCUT2D eigenvalue weighted by Crippen LogP contribution is -2.29. The molecule has 1 atom stereocenters. The van der Waals surface area contributed by atoms with Gasteiger partial charge in [-0.15, -0.1) is 0 Å². The fraction of sp³-hybridized carbons (Fsp3) is 0.267. The third-order valence-electron chi connectivity index (χ3n) is 3.30. The Bertz CT molecular complexity index is 508. The highest BCUT2D eigenvalue weighted by molar-refractivity contribution is 5.32. The number of pyridine rings is 1. The van der Waals surface area contributed by atoms with Gasteiger partial charge in [0.25, 0.3) is 0 Å². The zero-order chi connectivity index (χ0) is 13.0. The number of hydrazine groups is 1. The molecule has 1 unspecified atom stereocenters. The van der Waals surface area contributed by atoms with Gasteiger partial charge in [0.15, 0.2) is 0 Å². The molecule has 1 heterocycles. The second-order valence-corrected chi connectivity index (χ2v) is 4.63. The van der Waals surface area contributed by atoms with E-state index in [4.69, 9.17) is 5.84 Å². The van der Waals surface area contributed by atoms with E-state index in [1.54, 1.807) is 6.20 Å². The summed E-state index contributed by atoms with van der Waals surface area (Å²) in [5.74, 6) is 5.67. The molecular weight excluding hydrogens is 222 g/mol. The van der Waals surface area contributed by atoms with E-state index in [0.29, 0.717) is 0 Å². The molecule has 0 bridgehead atoms. The first-order valence-electron chi connectivity index (χ1n) is 6.13. The minimum atomic E-state index is 0.119. The van der Waals surface area contributed by atoms with E-state index in [0.717, 1.165) is 6.42 Å². The molecule has 0 amide bonds. The van der Waals surface area contributed by atoms with Crippen LogP contribution in [0, 0.1) is 13.8 Å². The fourth-order valence-corrected chi connectivity index (χ4v) is 2.01. The van der Waals surface area contributed by atoms with Crippen LogP contribution in [0.25, 0.3) is 0 Å². The Morgan fingerprint density at radius 3 is 2.67 bits per heavy atom. The minimum absolute atomic E-state index is 0.119. The summed E-state index contributed by atoms with van der Waals surface area (Å²) in [6.45, 7) is 4.24. The summed E-state index contributed by atoms with van der Waals surface area (Å²) >= 11 is 0. The van der Waals surface area contributed by atoms with E-state index in [9.17, 15) is 0 Å². The predicted molar refractivity (Wildman–Crippen MR) is 73.9 cm³/mol. The minimum Gasteiger partial charge on any atom is -0.271 e. The lowest BCUT2D eigenvalue weighted by atomic mass is 9.97. The molecule has 0 spiro atoms. The molecule has 94 valence electrons. The normalized spacial score (nSPS) is 12.4. The van der Waals surface area contributed by atoms with Gasteiger partial charge in [-0.1, -0.05) is 24.3 Å². The van der Waals surface area contributed by atoms with E-state index in [1.165, 1.54) is 22.3 Å². The van der Waals surface area contributed by atoms with Gasteiger partial charge in [0.1, 0.15) is 0 Å². The van der Waals surface area contributed by atoms with Crippen LogP contribution >= 0.6 is 0 Å². The topological polar surface area (TPSA) is 50.9 Å². The van der Waals surface area contributed by atoms with Gasteiger partial charge in [-0.2, -0.15) is 0 Å². The summed E-state index contributed by atoms with van der Waals surface area (Å²) in [6, 6.07) is 10.6. The molecule has 3 nitrogen and oxygen atoms in total. The van der Waals surface area contributed by atoms with E-state index in [2.05, 4.69) is 48.5 Å². The molecule has 2 aromatic rings. The molecule has 0 aliphatic carbocycles. The zero-order valence-corrected chi connectivity index (χ0v) is 10.9. The maximum Gasteiger partial charge on any atom is 0.0500 e. The summed E-state index contributed by atoms with van der Waals surface area (Å²) in [6.07, 6.45) is 4.50. The van der Waals surface area contributed by atoms with Crippen molar-refractivity contribution in [3.8, 4) is 0 Å². The summed E-state index contributed by atoms with van der Waals surface area (Å²) in [4.78, 5) is 4.13. The number of hydrogen-bond donors (Lipinski definition) is 2. The highest BCUT2D eigenvalue weighted by Gasteiger charge is 2.11. The first-order valence-corrected chi connectivity index (χ1v) is 6.13. The van der Waals surface area contributed by atoms with Crippen molar-refractivity contribution in [2.75, 3.05) is 0 Å². The Morgan fingerprint density at radius 1 is 1.22 bits per heavy atom. The molecule has 3 heteroatoms. The Labute approximate surface area is 108 Å². The van der Waals surface area contributed by atoms with Crippen molar-refractivity contribution in [3.05, 3.63) is 65.0 Å². The predicted octanol–water partition coefficient (Wildman–Crippen LogP) is 2.45. The summed E-state index contributed by atoms with van der Waals surface area (Å²) in [5.41, 5.74) is 7.87. The fourth-order valence-electron chi connectivity index (χ4n) is 2.01. The van der Waals surface area contributed by atoms with Crippen LogP contribution in [0.15, 0.2) is 42.7 Å². The lowest BCUT2D eigenvalue weighted by Gasteiger charge is -2.17. The number of aryl methyl sites for hydroxylation is 2. The van der Waals surface area contributed by atoms with E-state index in [-0.39, 0.29) is 6.04 Å². The third kappa shape index (κ3) is 2.94. The lowest BCUT2D eigenvalue weighted by molar-refractivity contribution is 0.551.